The fourth-order valence-electron chi connectivity index (χ4n) is 6.01. The van der Waals surface area contributed by atoms with Crippen molar-refractivity contribution in [1.29, 1.82) is 0 Å². The van der Waals surface area contributed by atoms with E-state index < -0.39 is 24.2 Å². The summed E-state index contributed by atoms with van der Waals surface area (Å²) in [5.74, 6) is -0.487. The fraction of sp³-hybridized carbons (Fsp3) is 0.923. The number of carbonyl (C=O) groups excluding carboxylic acids is 1. The van der Waals surface area contributed by atoms with Crippen molar-refractivity contribution in [3.05, 3.63) is 12.2 Å². The van der Waals surface area contributed by atoms with Gasteiger partial charge in [-0.2, -0.15) is 0 Å². The Kier molecular flexibility index (Phi) is 34.2. The number of hydrogen-bond donors (Lipinski definition) is 4. The largest absolute Gasteiger partial charge is 0.394 e. The van der Waals surface area contributed by atoms with Crippen LogP contribution in [0.3, 0.4) is 0 Å². The molecule has 0 aromatic rings. The lowest BCUT2D eigenvalue weighted by atomic mass is 10.0. The molecule has 0 radical (unpaired) electrons. The topological polar surface area (TPSA) is 89.8 Å². The van der Waals surface area contributed by atoms with E-state index in [2.05, 4.69) is 31.3 Å². The highest BCUT2D eigenvalue weighted by molar-refractivity contribution is 5.80. The van der Waals surface area contributed by atoms with Crippen molar-refractivity contribution in [2.24, 2.45) is 0 Å². The SMILES string of the molecule is CCCCCCCC/C=C\CCCCC(O)C(=O)NC(CO)C(O)CCCCCCCCCCCCCCCCCCCC. The van der Waals surface area contributed by atoms with Gasteiger partial charge in [-0.25, -0.2) is 0 Å². The zero-order chi connectivity index (χ0) is 32.4. The Balaban J connectivity index is 3.66. The second kappa shape index (κ2) is 35.0. The number of carbonyl (C=O) groups is 1. The second-order valence-electron chi connectivity index (χ2n) is 13.5. The van der Waals surface area contributed by atoms with E-state index in [0.717, 1.165) is 38.5 Å². The van der Waals surface area contributed by atoms with Gasteiger partial charge in [-0.1, -0.05) is 180 Å². The van der Waals surface area contributed by atoms with Crippen LogP contribution >= 0.6 is 0 Å². The van der Waals surface area contributed by atoms with Gasteiger partial charge >= 0.3 is 0 Å². The summed E-state index contributed by atoms with van der Waals surface area (Å²) in [6.07, 6.45) is 39.1. The first kappa shape index (κ1) is 43.1. The number of hydrogen-bond acceptors (Lipinski definition) is 4. The smallest absolute Gasteiger partial charge is 0.249 e. The van der Waals surface area contributed by atoms with Crippen molar-refractivity contribution in [2.75, 3.05) is 6.61 Å². The molecule has 0 aliphatic rings. The van der Waals surface area contributed by atoms with Gasteiger partial charge in [-0.05, 0) is 38.5 Å². The molecule has 3 unspecified atom stereocenters. The summed E-state index contributed by atoms with van der Waals surface area (Å²) in [6, 6.07) is -0.715. The molecule has 3 atom stereocenters. The molecule has 4 N–H and O–H groups in total. The van der Waals surface area contributed by atoms with Gasteiger partial charge in [0.05, 0.1) is 18.8 Å². The van der Waals surface area contributed by atoms with Crippen LogP contribution in [-0.4, -0.2) is 46.1 Å². The van der Waals surface area contributed by atoms with E-state index >= 15 is 0 Å². The Morgan fingerprint density at radius 1 is 0.523 bits per heavy atom. The summed E-state index contributed by atoms with van der Waals surface area (Å²) in [7, 11) is 0. The van der Waals surface area contributed by atoms with Gasteiger partial charge < -0.3 is 20.6 Å². The van der Waals surface area contributed by atoms with E-state index in [4.69, 9.17) is 0 Å². The zero-order valence-corrected chi connectivity index (χ0v) is 29.6. The lowest BCUT2D eigenvalue weighted by molar-refractivity contribution is -0.131. The second-order valence-corrected chi connectivity index (χ2v) is 13.5. The standard InChI is InChI=1S/C39H77NO4/c1-3-5-7-9-11-13-15-17-18-19-20-21-22-24-25-27-29-31-33-37(42)36(35-41)40-39(44)38(43)34-32-30-28-26-23-16-14-12-10-8-6-4-2/h23,26,36-38,41-43H,3-22,24-25,27-35H2,1-2H3,(H,40,44)/b26-23-. The first-order valence-electron chi connectivity index (χ1n) is 19.5. The monoisotopic (exact) mass is 624 g/mol. The number of aliphatic hydroxyl groups is 3. The van der Waals surface area contributed by atoms with Crippen LogP contribution in [0.25, 0.3) is 0 Å². The minimum absolute atomic E-state index is 0.317. The number of amides is 1. The van der Waals surface area contributed by atoms with Crippen LogP contribution in [0.1, 0.15) is 206 Å². The van der Waals surface area contributed by atoms with Crippen molar-refractivity contribution in [1.82, 2.24) is 5.32 Å². The van der Waals surface area contributed by atoms with E-state index in [1.807, 2.05) is 0 Å². The molecule has 0 aliphatic carbocycles. The van der Waals surface area contributed by atoms with Crippen LogP contribution < -0.4 is 5.32 Å². The van der Waals surface area contributed by atoms with Crippen molar-refractivity contribution in [2.45, 2.75) is 225 Å². The highest BCUT2D eigenvalue weighted by atomic mass is 16.3. The average Bonchev–Trinajstić information content (AvgIpc) is 3.03. The highest BCUT2D eigenvalue weighted by Gasteiger charge is 2.23. The number of unbranched alkanes of at least 4 members (excludes halogenated alkanes) is 25. The first-order valence-corrected chi connectivity index (χ1v) is 19.5. The Morgan fingerprint density at radius 3 is 1.27 bits per heavy atom. The Hall–Kier alpha value is -0.910. The summed E-state index contributed by atoms with van der Waals surface area (Å²) in [4.78, 5) is 12.4. The molecule has 0 aromatic heterocycles. The molecule has 44 heavy (non-hydrogen) atoms. The number of rotatable bonds is 35. The molecule has 5 heteroatoms. The maximum Gasteiger partial charge on any atom is 0.249 e. The molecule has 0 saturated carbocycles. The predicted octanol–water partition coefficient (Wildman–Crippen LogP) is 10.5. The summed E-state index contributed by atoms with van der Waals surface area (Å²) >= 11 is 0. The van der Waals surface area contributed by atoms with Gasteiger partial charge in [-0.15, -0.1) is 0 Å². The Morgan fingerprint density at radius 2 is 0.864 bits per heavy atom. The van der Waals surface area contributed by atoms with Gasteiger partial charge in [0, 0.05) is 0 Å². The Bertz CT molecular complexity index is 611. The minimum atomic E-state index is -1.09. The van der Waals surface area contributed by atoms with E-state index in [9.17, 15) is 20.1 Å². The average molecular weight is 624 g/mol. The summed E-state index contributed by atoms with van der Waals surface area (Å²) in [5, 5.41) is 33.1. The van der Waals surface area contributed by atoms with Gasteiger partial charge in [-0.3, -0.25) is 4.79 Å². The summed E-state index contributed by atoms with van der Waals surface area (Å²) in [6.45, 7) is 4.21. The zero-order valence-electron chi connectivity index (χ0n) is 29.6. The summed E-state index contributed by atoms with van der Waals surface area (Å²) < 4.78 is 0. The van der Waals surface area contributed by atoms with Crippen molar-refractivity contribution in [3.8, 4) is 0 Å². The molecule has 5 nitrogen and oxygen atoms in total. The van der Waals surface area contributed by atoms with Crippen LogP contribution in [0.2, 0.25) is 0 Å². The van der Waals surface area contributed by atoms with E-state index in [1.165, 1.54) is 141 Å². The maximum absolute atomic E-state index is 12.4. The quantitative estimate of drug-likeness (QED) is 0.0418. The fourth-order valence-corrected chi connectivity index (χ4v) is 6.01. The van der Waals surface area contributed by atoms with Gasteiger partial charge in [0.2, 0.25) is 5.91 Å². The molecule has 0 saturated heterocycles. The molecule has 0 bridgehead atoms. The number of nitrogens with one attached hydrogen (secondary N) is 1. The third kappa shape index (κ3) is 29.8. The van der Waals surface area contributed by atoms with Crippen LogP contribution in [-0.2, 0) is 4.79 Å². The lowest BCUT2D eigenvalue weighted by Crippen LogP contribution is -2.49. The van der Waals surface area contributed by atoms with Crippen LogP contribution in [0.4, 0.5) is 0 Å². The molecule has 1 amide bonds. The first-order chi connectivity index (χ1) is 21.6. The molecular weight excluding hydrogens is 546 g/mol. The van der Waals surface area contributed by atoms with E-state index in [0.29, 0.717) is 12.8 Å². The van der Waals surface area contributed by atoms with Crippen molar-refractivity contribution >= 4 is 5.91 Å². The van der Waals surface area contributed by atoms with Crippen molar-refractivity contribution in [3.63, 3.8) is 0 Å². The van der Waals surface area contributed by atoms with Gasteiger partial charge in [0.1, 0.15) is 6.10 Å². The van der Waals surface area contributed by atoms with Crippen LogP contribution in [0, 0.1) is 0 Å². The molecule has 0 spiro atoms. The predicted molar refractivity (Wildman–Crippen MR) is 190 cm³/mol. The summed E-state index contributed by atoms with van der Waals surface area (Å²) in [5.41, 5.74) is 0. The van der Waals surface area contributed by atoms with Gasteiger partial charge in [0.15, 0.2) is 0 Å². The van der Waals surface area contributed by atoms with Crippen LogP contribution in [0.15, 0.2) is 12.2 Å². The molecule has 0 heterocycles. The highest BCUT2D eigenvalue weighted by Crippen LogP contribution is 2.16. The van der Waals surface area contributed by atoms with Crippen LogP contribution in [0.5, 0.6) is 0 Å². The third-order valence-electron chi connectivity index (χ3n) is 9.13. The molecule has 0 aromatic carbocycles. The minimum Gasteiger partial charge on any atom is -0.394 e. The third-order valence-corrected chi connectivity index (χ3v) is 9.13. The lowest BCUT2D eigenvalue weighted by Gasteiger charge is -2.23. The van der Waals surface area contributed by atoms with E-state index in [-0.39, 0.29) is 6.61 Å². The number of aliphatic hydroxyl groups excluding tert-OH is 3. The molecule has 0 rings (SSSR count). The maximum atomic E-state index is 12.4. The molecule has 0 aliphatic heterocycles. The van der Waals surface area contributed by atoms with E-state index in [1.54, 1.807) is 0 Å². The van der Waals surface area contributed by atoms with Gasteiger partial charge in [0.25, 0.3) is 0 Å². The molecule has 262 valence electrons. The normalized spacial score (nSPS) is 13.8. The molecular formula is C39H77NO4. The van der Waals surface area contributed by atoms with Crippen molar-refractivity contribution < 1.29 is 20.1 Å². The Labute approximate surface area is 274 Å². The molecule has 0 fully saturated rings. The number of allylic oxidation sites excluding steroid dienone is 2.